The van der Waals surface area contributed by atoms with Crippen molar-refractivity contribution in [2.75, 3.05) is 6.61 Å². The number of Topliss-reactive ketones (excluding diaryl/α,β-unsaturated/α-hetero) is 1. The molecule has 1 amide bonds. The Morgan fingerprint density at radius 2 is 2.25 bits per heavy atom. The molecule has 1 unspecified atom stereocenters. The second kappa shape index (κ2) is 6.03. The zero-order valence-electron chi connectivity index (χ0n) is 11.6. The molecule has 2 rings (SSSR count). The van der Waals surface area contributed by atoms with Crippen LogP contribution in [0.3, 0.4) is 0 Å². The van der Waals surface area contributed by atoms with E-state index in [1.54, 1.807) is 0 Å². The minimum absolute atomic E-state index is 0.168. The fourth-order valence-electron chi connectivity index (χ4n) is 2.19. The average molecular weight is 279 g/mol. The highest BCUT2D eigenvalue weighted by atomic mass is 19.1. The van der Waals surface area contributed by atoms with Crippen LogP contribution in [0, 0.1) is 11.7 Å². The third kappa shape index (κ3) is 3.35. The van der Waals surface area contributed by atoms with E-state index in [9.17, 15) is 14.0 Å². The number of ketones is 1. The van der Waals surface area contributed by atoms with E-state index in [0.29, 0.717) is 25.2 Å². The molecule has 0 saturated heterocycles. The standard InChI is InChI=1S/C15H18FNO3/c1-9(2)7-14(18)17-12-5-6-20-13-4-3-10(16)8-11(13)15(12)19/h3-4,8-9,12H,5-7H2,1-2H3,(H,17,18). The molecular formula is C15H18FNO3. The summed E-state index contributed by atoms with van der Waals surface area (Å²) in [6.45, 7) is 4.18. The van der Waals surface area contributed by atoms with Crippen LogP contribution in [0.2, 0.25) is 0 Å². The third-order valence-electron chi connectivity index (χ3n) is 3.12. The summed E-state index contributed by atoms with van der Waals surface area (Å²) in [5, 5.41) is 2.71. The average Bonchev–Trinajstić information content (AvgIpc) is 2.50. The van der Waals surface area contributed by atoms with Crippen molar-refractivity contribution in [3.63, 3.8) is 0 Å². The first-order valence-corrected chi connectivity index (χ1v) is 6.73. The Hall–Kier alpha value is -1.91. The van der Waals surface area contributed by atoms with Gasteiger partial charge in [-0.2, -0.15) is 0 Å². The first kappa shape index (κ1) is 14.5. The first-order chi connectivity index (χ1) is 9.47. The molecule has 0 aliphatic carbocycles. The molecule has 0 saturated carbocycles. The van der Waals surface area contributed by atoms with Crippen LogP contribution in [-0.2, 0) is 4.79 Å². The lowest BCUT2D eigenvalue weighted by molar-refractivity contribution is -0.122. The van der Waals surface area contributed by atoms with Gasteiger partial charge in [0.25, 0.3) is 0 Å². The molecule has 4 nitrogen and oxygen atoms in total. The van der Waals surface area contributed by atoms with Gasteiger partial charge in [-0.05, 0) is 24.1 Å². The minimum Gasteiger partial charge on any atom is -0.493 e. The number of rotatable bonds is 3. The number of hydrogen-bond donors (Lipinski definition) is 1. The zero-order chi connectivity index (χ0) is 14.7. The van der Waals surface area contributed by atoms with Crippen LogP contribution >= 0.6 is 0 Å². The van der Waals surface area contributed by atoms with Gasteiger partial charge in [-0.25, -0.2) is 4.39 Å². The van der Waals surface area contributed by atoms with Crippen molar-refractivity contribution in [2.45, 2.75) is 32.7 Å². The van der Waals surface area contributed by atoms with Crippen molar-refractivity contribution in [2.24, 2.45) is 5.92 Å². The number of halogens is 1. The van der Waals surface area contributed by atoms with E-state index < -0.39 is 11.9 Å². The van der Waals surface area contributed by atoms with E-state index in [2.05, 4.69) is 5.32 Å². The molecule has 1 aliphatic heterocycles. The number of carbonyl (C=O) groups is 2. The van der Waals surface area contributed by atoms with Crippen LogP contribution in [0.15, 0.2) is 18.2 Å². The summed E-state index contributed by atoms with van der Waals surface area (Å²) < 4.78 is 18.7. The van der Waals surface area contributed by atoms with Crippen molar-refractivity contribution >= 4 is 11.7 Å². The Morgan fingerprint density at radius 3 is 2.95 bits per heavy atom. The Kier molecular flexibility index (Phi) is 4.37. The number of fused-ring (bicyclic) bond motifs is 1. The Bertz CT molecular complexity index is 528. The number of hydrogen-bond acceptors (Lipinski definition) is 3. The number of benzene rings is 1. The quantitative estimate of drug-likeness (QED) is 0.923. The maximum atomic E-state index is 13.3. The molecule has 5 heteroatoms. The Labute approximate surface area is 117 Å². The SMILES string of the molecule is CC(C)CC(=O)NC1CCOc2ccc(F)cc2C1=O. The fraction of sp³-hybridized carbons (Fsp3) is 0.467. The lowest BCUT2D eigenvalue weighted by atomic mass is 10.0. The van der Waals surface area contributed by atoms with Crippen molar-refractivity contribution in [1.29, 1.82) is 0 Å². The molecule has 108 valence electrons. The zero-order valence-corrected chi connectivity index (χ0v) is 11.6. The fourth-order valence-corrected chi connectivity index (χ4v) is 2.19. The highest BCUT2D eigenvalue weighted by molar-refractivity contribution is 6.04. The summed E-state index contributed by atoms with van der Waals surface area (Å²) in [6, 6.07) is 3.21. The number of amides is 1. The van der Waals surface area contributed by atoms with E-state index in [1.165, 1.54) is 12.1 Å². The van der Waals surface area contributed by atoms with E-state index in [1.807, 2.05) is 13.8 Å². The highest BCUT2D eigenvalue weighted by Crippen LogP contribution is 2.25. The molecule has 0 aromatic heterocycles. The number of carbonyl (C=O) groups excluding carboxylic acids is 2. The predicted molar refractivity (Wildman–Crippen MR) is 72.2 cm³/mol. The van der Waals surface area contributed by atoms with Gasteiger partial charge in [0.2, 0.25) is 5.91 Å². The highest BCUT2D eigenvalue weighted by Gasteiger charge is 2.28. The van der Waals surface area contributed by atoms with Crippen molar-refractivity contribution in [3.05, 3.63) is 29.6 Å². The second-order valence-corrected chi connectivity index (χ2v) is 5.36. The van der Waals surface area contributed by atoms with Gasteiger partial charge in [0.05, 0.1) is 18.2 Å². The molecule has 1 aromatic carbocycles. The molecule has 1 heterocycles. The normalized spacial score (nSPS) is 18.2. The number of nitrogens with one attached hydrogen (secondary N) is 1. The molecular weight excluding hydrogens is 261 g/mol. The number of ether oxygens (including phenoxy) is 1. The lowest BCUT2D eigenvalue weighted by Crippen LogP contribution is -2.41. The van der Waals surface area contributed by atoms with Gasteiger partial charge in [-0.3, -0.25) is 9.59 Å². The van der Waals surface area contributed by atoms with Crippen molar-refractivity contribution in [3.8, 4) is 5.75 Å². The second-order valence-electron chi connectivity index (χ2n) is 5.36. The first-order valence-electron chi connectivity index (χ1n) is 6.73. The minimum atomic E-state index is -0.649. The maximum absolute atomic E-state index is 13.3. The molecule has 0 radical (unpaired) electrons. The largest absolute Gasteiger partial charge is 0.493 e. The Morgan fingerprint density at radius 1 is 1.50 bits per heavy atom. The molecule has 0 bridgehead atoms. The summed E-state index contributed by atoms with van der Waals surface area (Å²) in [4.78, 5) is 24.1. The third-order valence-corrected chi connectivity index (χ3v) is 3.12. The van der Waals surface area contributed by atoms with Gasteiger partial charge in [0, 0.05) is 12.8 Å². The Balaban J connectivity index is 2.16. The molecule has 1 aromatic rings. The van der Waals surface area contributed by atoms with Crippen LogP contribution in [0.1, 0.15) is 37.0 Å². The van der Waals surface area contributed by atoms with E-state index in [0.717, 1.165) is 6.07 Å². The topological polar surface area (TPSA) is 55.4 Å². The van der Waals surface area contributed by atoms with Crippen molar-refractivity contribution in [1.82, 2.24) is 5.32 Å². The molecule has 20 heavy (non-hydrogen) atoms. The van der Waals surface area contributed by atoms with Gasteiger partial charge in [-0.1, -0.05) is 13.8 Å². The molecule has 0 spiro atoms. The van der Waals surface area contributed by atoms with Crippen LogP contribution < -0.4 is 10.1 Å². The van der Waals surface area contributed by atoms with Crippen LogP contribution in [0.25, 0.3) is 0 Å². The van der Waals surface area contributed by atoms with E-state index >= 15 is 0 Å². The van der Waals surface area contributed by atoms with Crippen molar-refractivity contribution < 1.29 is 18.7 Å². The van der Waals surface area contributed by atoms with E-state index in [4.69, 9.17) is 4.74 Å². The molecule has 0 fully saturated rings. The van der Waals surface area contributed by atoms with Gasteiger partial charge >= 0.3 is 0 Å². The van der Waals surface area contributed by atoms with E-state index in [-0.39, 0.29) is 23.2 Å². The summed E-state index contributed by atoms with van der Waals surface area (Å²) in [5.41, 5.74) is 0.192. The smallest absolute Gasteiger partial charge is 0.220 e. The van der Waals surface area contributed by atoms with Crippen LogP contribution in [0.4, 0.5) is 4.39 Å². The van der Waals surface area contributed by atoms with Crippen LogP contribution in [0.5, 0.6) is 5.75 Å². The maximum Gasteiger partial charge on any atom is 0.220 e. The summed E-state index contributed by atoms with van der Waals surface area (Å²) in [6.07, 6.45) is 0.750. The summed E-state index contributed by atoms with van der Waals surface area (Å²) in [5.74, 6) is -0.365. The summed E-state index contributed by atoms with van der Waals surface area (Å²) >= 11 is 0. The van der Waals surface area contributed by atoms with Gasteiger partial charge in [-0.15, -0.1) is 0 Å². The monoisotopic (exact) mass is 279 g/mol. The van der Waals surface area contributed by atoms with Crippen LogP contribution in [-0.4, -0.2) is 24.3 Å². The molecule has 1 N–H and O–H groups in total. The van der Waals surface area contributed by atoms with Gasteiger partial charge in [0.1, 0.15) is 11.6 Å². The summed E-state index contributed by atoms with van der Waals surface area (Å²) in [7, 11) is 0. The molecule has 1 atom stereocenters. The van der Waals surface area contributed by atoms with Gasteiger partial charge in [0.15, 0.2) is 5.78 Å². The predicted octanol–water partition coefficient (Wildman–Crippen LogP) is 2.32. The van der Waals surface area contributed by atoms with Gasteiger partial charge < -0.3 is 10.1 Å². The molecule has 1 aliphatic rings. The lowest BCUT2D eigenvalue weighted by Gasteiger charge is -2.15.